The van der Waals surface area contributed by atoms with Crippen LogP contribution in [0.1, 0.15) is 41.9 Å². The first kappa shape index (κ1) is 32.7. The lowest BCUT2D eigenvalue weighted by Gasteiger charge is -2.28. The maximum absolute atomic E-state index is 6.47. The van der Waals surface area contributed by atoms with Gasteiger partial charge in [0.25, 0.3) is 0 Å². The van der Waals surface area contributed by atoms with Crippen molar-refractivity contribution in [1.29, 1.82) is 0 Å². The van der Waals surface area contributed by atoms with E-state index in [9.17, 15) is 0 Å². The predicted octanol–water partition coefficient (Wildman–Crippen LogP) is 11.4. The third-order valence-corrected chi connectivity index (χ3v) is 10.7. The SMILES string of the molecule is C1=C(C2N=C(c3ccccc3)NC(c3ccccc3)=N2)CCC(c2cc3c(cc2-c2nc(-c4ccccc4)cc(-c4ccccc4)n2)oc2ccccc23)C1. The molecule has 1 atom stereocenters. The number of aliphatic imine (C=N–C) groups is 2. The van der Waals surface area contributed by atoms with Gasteiger partial charge in [0, 0.05) is 38.6 Å². The van der Waals surface area contributed by atoms with E-state index in [4.69, 9.17) is 24.4 Å². The van der Waals surface area contributed by atoms with Gasteiger partial charge in [-0.3, -0.25) is 0 Å². The van der Waals surface area contributed by atoms with Crippen LogP contribution in [-0.4, -0.2) is 27.8 Å². The molecule has 0 radical (unpaired) electrons. The fraction of sp³-hybridized carbons (Fsp3) is 0.102. The zero-order chi connectivity index (χ0) is 36.6. The molecule has 1 aliphatic carbocycles. The van der Waals surface area contributed by atoms with Crippen molar-refractivity contribution in [2.45, 2.75) is 31.3 Å². The Morgan fingerprint density at radius 2 is 1.07 bits per heavy atom. The Morgan fingerprint density at radius 1 is 0.527 bits per heavy atom. The van der Waals surface area contributed by atoms with Gasteiger partial charge >= 0.3 is 0 Å². The highest BCUT2D eigenvalue weighted by molar-refractivity contribution is 6.16. The number of hydrogen-bond donors (Lipinski definition) is 1. The minimum Gasteiger partial charge on any atom is -0.456 e. The second-order valence-electron chi connectivity index (χ2n) is 14.2. The average molecular weight is 712 g/mol. The van der Waals surface area contributed by atoms with Crippen molar-refractivity contribution < 1.29 is 4.42 Å². The van der Waals surface area contributed by atoms with Crippen LogP contribution < -0.4 is 5.32 Å². The number of amidine groups is 2. The van der Waals surface area contributed by atoms with Gasteiger partial charge < -0.3 is 9.73 Å². The van der Waals surface area contributed by atoms with Gasteiger partial charge in [-0.15, -0.1) is 0 Å². The highest BCUT2D eigenvalue weighted by Crippen LogP contribution is 2.43. The summed E-state index contributed by atoms with van der Waals surface area (Å²) in [6.07, 6.45) is 4.74. The van der Waals surface area contributed by atoms with E-state index in [1.54, 1.807) is 0 Å². The summed E-state index contributed by atoms with van der Waals surface area (Å²) in [6.45, 7) is 0. The number of aromatic nitrogens is 2. The zero-order valence-corrected chi connectivity index (χ0v) is 30.1. The molecule has 0 saturated heterocycles. The minimum atomic E-state index is -0.299. The summed E-state index contributed by atoms with van der Waals surface area (Å²) in [6, 6.07) is 56.2. The first-order valence-electron chi connectivity index (χ1n) is 18.9. The number of hydrogen-bond acceptors (Lipinski definition) is 6. The molecule has 1 aliphatic heterocycles. The van der Waals surface area contributed by atoms with Crippen molar-refractivity contribution >= 4 is 33.6 Å². The lowest BCUT2D eigenvalue weighted by atomic mass is 9.81. The van der Waals surface area contributed by atoms with Crippen LogP contribution in [0, 0.1) is 0 Å². The number of furan rings is 1. The molecule has 1 N–H and O–H groups in total. The summed E-state index contributed by atoms with van der Waals surface area (Å²) < 4.78 is 6.47. The molecule has 8 aromatic rings. The molecule has 55 heavy (non-hydrogen) atoms. The molecule has 2 aromatic heterocycles. The van der Waals surface area contributed by atoms with E-state index in [1.165, 1.54) is 11.1 Å². The Balaban J connectivity index is 1.08. The van der Waals surface area contributed by atoms with Crippen molar-refractivity contribution in [2.75, 3.05) is 0 Å². The van der Waals surface area contributed by atoms with Gasteiger partial charge in [-0.1, -0.05) is 146 Å². The summed E-state index contributed by atoms with van der Waals surface area (Å²) in [7, 11) is 0. The molecule has 0 saturated carbocycles. The molecule has 1 unspecified atom stereocenters. The van der Waals surface area contributed by atoms with Crippen molar-refractivity contribution in [3.63, 3.8) is 0 Å². The molecule has 264 valence electrons. The summed E-state index contributed by atoms with van der Waals surface area (Å²) in [4.78, 5) is 20.9. The van der Waals surface area contributed by atoms with E-state index in [2.05, 4.69) is 115 Å². The lowest BCUT2D eigenvalue weighted by Crippen LogP contribution is -2.38. The maximum atomic E-state index is 6.47. The number of nitrogens with zero attached hydrogens (tertiary/aromatic N) is 4. The third kappa shape index (κ3) is 6.42. The number of allylic oxidation sites excluding steroid dienone is 1. The van der Waals surface area contributed by atoms with Crippen molar-refractivity contribution in [1.82, 2.24) is 15.3 Å². The summed E-state index contributed by atoms with van der Waals surface area (Å²) in [5.74, 6) is 2.61. The standard InChI is InChI=1S/C49H37N5O/c1-5-15-33(16-6-1)42-31-43(34-17-7-2-8-18-34)51-49(50-42)41-30-45-40(38-23-13-14-24-44(38)55-45)29-39(41)32-25-27-37(28-26-32)48-53-46(35-19-9-3-10-20-35)52-47(54-48)36-21-11-4-12-22-36/h1-24,27,29-32,48H,25-26,28H2,(H,52,53,54). The van der Waals surface area contributed by atoms with E-state index >= 15 is 0 Å². The van der Waals surface area contributed by atoms with Crippen LogP contribution in [0.3, 0.4) is 0 Å². The van der Waals surface area contributed by atoms with Crippen LogP contribution in [0.2, 0.25) is 0 Å². The van der Waals surface area contributed by atoms with E-state index in [0.29, 0.717) is 5.82 Å². The average Bonchev–Trinajstić information content (AvgIpc) is 3.64. The Labute approximate surface area is 319 Å². The van der Waals surface area contributed by atoms with Gasteiger partial charge in [-0.05, 0) is 60.6 Å². The largest absolute Gasteiger partial charge is 0.456 e. The second-order valence-corrected chi connectivity index (χ2v) is 14.2. The van der Waals surface area contributed by atoms with Gasteiger partial charge in [-0.25, -0.2) is 20.0 Å². The van der Waals surface area contributed by atoms with Gasteiger partial charge in [0.2, 0.25) is 0 Å². The molecule has 3 heterocycles. The maximum Gasteiger partial charge on any atom is 0.165 e. The van der Waals surface area contributed by atoms with Gasteiger partial charge in [0.15, 0.2) is 12.0 Å². The summed E-state index contributed by atoms with van der Waals surface area (Å²) >= 11 is 0. The molecule has 0 bridgehead atoms. The number of para-hydroxylation sites is 1. The number of benzene rings is 6. The van der Waals surface area contributed by atoms with E-state index in [-0.39, 0.29) is 12.1 Å². The molecule has 6 heteroatoms. The lowest BCUT2D eigenvalue weighted by molar-refractivity contribution is 0.571. The minimum absolute atomic E-state index is 0.234. The molecule has 0 spiro atoms. The molecule has 0 amide bonds. The number of nitrogens with one attached hydrogen (secondary N) is 1. The van der Waals surface area contributed by atoms with E-state index in [0.717, 1.165) is 92.1 Å². The Hall–Kier alpha value is -6.92. The fourth-order valence-corrected chi connectivity index (χ4v) is 7.87. The van der Waals surface area contributed by atoms with Crippen LogP contribution in [0.4, 0.5) is 0 Å². The Kier molecular flexibility index (Phi) is 8.41. The van der Waals surface area contributed by atoms with Crippen LogP contribution in [0.25, 0.3) is 55.8 Å². The quantitative estimate of drug-likeness (QED) is 0.167. The summed E-state index contributed by atoms with van der Waals surface area (Å²) in [5.41, 5.74) is 11.1. The van der Waals surface area contributed by atoms with Crippen LogP contribution in [-0.2, 0) is 0 Å². The van der Waals surface area contributed by atoms with Gasteiger partial charge in [0.1, 0.15) is 22.8 Å². The van der Waals surface area contributed by atoms with Gasteiger partial charge in [0.05, 0.1) is 11.4 Å². The Morgan fingerprint density at radius 3 is 1.64 bits per heavy atom. The Bertz CT molecular complexity index is 2640. The topological polar surface area (TPSA) is 75.7 Å². The van der Waals surface area contributed by atoms with Crippen LogP contribution >= 0.6 is 0 Å². The normalized spacial score (nSPS) is 16.0. The van der Waals surface area contributed by atoms with Crippen LogP contribution in [0.5, 0.6) is 0 Å². The molecular weight excluding hydrogens is 675 g/mol. The highest BCUT2D eigenvalue weighted by atomic mass is 16.3. The zero-order valence-electron chi connectivity index (χ0n) is 30.1. The smallest absolute Gasteiger partial charge is 0.165 e. The molecule has 2 aliphatic rings. The molecular formula is C49H37N5O. The number of fused-ring (bicyclic) bond motifs is 3. The monoisotopic (exact) mass is 711 g/mol. The molecule has 6 nitrogen and oxygen atoms in total. The van der Waals surface area contributed by atoms with Crippen molar-refractivity contribution in [3.8, 4) is 33.9 Å². The molecule has 10 rings (SSSR count). The molecule has 0 fully saturated rings. The fourth-order valence-electron chi connectivity index (χ4n) is 7.87. The second kappa shape index (κ2) is 14.1. The highest BCUT2D eigenvalue weighted by Gasteiger charge is 2.28. The predicted molar refractivity (Wildman–Crippen MR) is 223 cm³/mol. The first-order chi connectivity index (χ1) is 27.2. The van der Waals surface area contributed by atoms with Crippen LogP contribution in [0.15, 0.2) is 190 Å². The third-order valence-electron chi connectivity index (χ3n) is 10.7. The number of rotatable bonds is 7. The first-order valence-corrected chi connectivity index (χ1v) is 18.9. The van der Waals surface area contributed by atoms with Crippen molar-refractivity contribution in [2.24, 2.45) is 9.98 Å². The van der Waals surface area contributed by atoms with Gasteiger partial charge in [-0.2, -0.15) is 0 Å². The molecule has 6 aromatic carbocycles. The summed E-state index contributed by atoms with van der Waals surface area (Å²) in [5, 5.41) is 5.75. The van der Waals surface area contributed by atoms with Crippen molar-refractivity contribution in [3.05, 3.63) is 192 Å². The van der Waals surface area contributed by atoms with E-state index in [1.807, 2.05) is 60.7 Å². The van der Waals surface area contributed by atoms with E-state index < -0.39 is 0 Å².